The summed E-state index contributed by atoms with van der Waals surface area (Å²) in [5.41, 5.74) is 11.0. The Morgan fingerprint density at radius 3 is 1.52 bits per heavy atom. The largest absolute Gasteiger partial charge is 0.316 e. The van der Waals surface area contributed by atoms with Crippen LogP contribution < -0.4 is 0 Å². The molecule has 0 radical (unpaired) electrons. The molecule has 0 amide bonds. The molecule has 0 spiro atoms. The molecule has 2 aromatic heterocycles. The SMILES string of the molecule is c1ccc(-c2ccc(-n3ccc4c3ccc3c5ccccc5n(-c5c6ccccc6c(-c6ccccc6)c6ccccc56)c34)cc2)cc1. The van der Waals surface area contributed by atoms with Gasteiger partial charge in [-0.1, -0.05) is 146 Å². The molecule has 0 N–H and O–H groups in total. The topological polar surface area (TPSA) is 9.86 Å². The molecule has 2 heterocycles. The predicted molar refractivity (Wildman–Crippen MR) is 203 cm³/mol. The number of fused-ring (bicyclic) bond motifs is 7. The lowest BCUT2D eigenvalue weighted by molar-refractivity contribution is 1.13. The first-order valence-corrected chi connectivity index (χ1v) is 16.5. The molecule has 10 aromatic rings. The molecule has 2 nitrogen and oxygen atoms in total. The highest BCUT2D eigenvalue weighted by atomic mass is 15.0. The summed E-state index contributed by atoms with van der Waals surface area (Å²) in [6.45, 7) is 0. The molecule has 0 fully saturated rings. The second-order valence-electron chi connectivity index (χ2n) is 12.5. The van der Waals surface area contributed by atoms with E-state index in [-0.39, 0.29) is 0 Å². The summed E-state index contributed by atoms with van der Waals surface area (Å²) in [5.74, 6) is 0. The maximum absolute atomic E-state index is 2.54. The summed E-state index contributed by atoms with van der Waals surface area (Å²) in [6.07, 6.45) is 2.22. The average Bonchev–Trinajstić information content (AvgIpc) is 3.74. The number of hydrogen-bond donors (Lipinski definition) is 0. The molecule has 0 saturated carbocycles. The number of aromatic nitrogens is 2. The second kappa shape index (κ2) is 10.6. The van der Waals surface area contributed by atoms with Gasteiger partial charge in [0.25, 0.3) is 0 Å². The first-order valence-electron chi connectivity index (χ1n) is 16.5. The zero-order valence-corrected chi connectivity index (χ0v) is 26.2. The zero-order valence-electron chi connectivity index (χ0n) is 26.2. The van der Waals surface area contributed by atoms with Crippen LogP contribution in [0.3, 0.4) is 0 Å². The van der Waals surface area contributed by atoms with Crippen molar-refractivity contribution < 1.29 is 0 Å². The zero-order chi connectivity index (χ0) is 31.6. The fourth-order valence-corrected chi connectivity index (χ4v) is 7.84. The van der Waals surface area contributed by atoms with Crippen molar-refractivity contribution in [3.8, 4) is 33.6 Å². The number of hydrogen-bond acceptors (Lipinski definition) is 0. The highest BCUT2D eigenvalue weighted by Gasteiger charge is 2.22. The molecule has 0 saturated heterocycles. The Labute approximate surface area is 278 Å². The van der Waals surface area contributed by atoms with E-state index in [0.717, 1.165) is 5.69 Å². The third-order valence-electron chi connectivity index (χ3n) is 9.94. The molecule has 0 unspecified atom stereocenters. The number of rotatable bonds is 4. The van der Waals surface area contributed by atoms with Crippen LogP contribution in [0.5, 0.6) is 0 Å². The van der Waals surface area contributed by atoms with Crippen molar-refractivity contribution >= 4 is 54.3 Å². The van der Waals surface area contributed by atoms with E-state index in [4.69, 9.17) is 0 Å². The Morgan fingerprint density at radius 1 is 0.312 bits per heavy atom. The van der Waals surface area contributed by atoms with Crippen molar-refractivity contribution in [2.45, 2.75) is 0 Å². The summed E-state index contributed by atoms with van der Waals surface area (Å²) < 4.78 is 4.86. The minimum atomic E-state index is 1.15. The summed E-state index contributed by atoms with van der Waals surface area (Å²) in [6, 6.07) is 63.9. The van der Waals surface area contributed by atoms with Crippen molar-refractivity contribution in [1.82, 2.24) is 9.13 Å². The monoisotopic (exact) mass is 610 g/mol. The van der Waals surface area contributed by atoms with Crippen LogP contribution in [0.2, 0.25) is 0 Å². The van der Waals surface area contributed by atoms with Gasteiger partial charge in [0.05, 0.1) is 22.2 Å². The molecule has 0 bridgehead atoms. The van der Waals surface area contributed by atoms with E-state index in [1.807, 2.05) is 0 Å². The van der Waals surface area contributed by atoms with Gasteiger partial charge in [-0.05, 0) is 63.4 Å². The van der Waals surface area contributed by atoms with Gasteiger partial charge in [-0.3, -0.25) is 0 Å². The predicted octanol–water partition coefficient (Wildman–Crippen LogP) is 12.4. The third kappa shape index (κ3) is 3.93. The van der Waals surface area contributed by atoms with Gasteiger partial charge in [-0.25, -0.2) is 0 Å². The molecule has 224 valence electrons. The molecule has 0 aliphatic carbocycles. The average molecular weight is 611 g/mol. The second-order valence-corrected chi connectivity index (χ2v) is 12.5. The van der Waals surface area contributed by atoms with E-state index in [0.29, 0.717) is 0 Å². The Bertz CT molecular complexity index is 2750. The van der Waals surface area contributed by atoms with Crippen molar-refractivity contribution in [3.63, 3.8) is 0 Å². The van der Waals surface area contributed by atoms with Crippen LogP contribution in [0.15, 0.2) is 182 Å². The van der Waals surface area contributed by atoms with E-state index in [2.05, 4.69) is 191 Å². The molecule has 0 atom stereocenters. The van der Waals surface area contributed by atoms with Crippen LogP contribution in [-0.4, -0.2) is 9.13 Å². The van der Waals surface area contributed by atoms with Crippen LogP contribution in [-0.2, 0) is 0 Å². The summed E-state index contributed by atoms with van der Waals surface area (Å²) >= 11 is 0. The molecular formula is C46H30N2. The van der Waals surface area contributed by atoms with E-state index in [1.54, 1.807) is 0 Å². The van der Waals surface area contributed by atoms with Gasteiger partial charge >= 0.3 is 0 Å². The number of para-hydroxylation sites is 1. The van der Waals surface area contributed by atoms with Crippen LogP contribution in [0.25, 0.3) is 87.9 Å². The van der Waals surface area contributed by atoms with E-state index in [9.17, 15) is 0 Å². The third-order valence-corrected chi connectivity index (χ3v) is 9.94. The quantitative estimate of drug-likeness (QED) is 0.175. The van der Waals surface area contributed by atoms with Gasteiger partial charge in [-0.15, -0.1) is 0 Å². The van der Waals surface area contributed by atoms with Crippen LogP contribution >= 0.6 is 0 Å². The van der Waals surface area contributed by atoms with Crippen LogP contribution in [0.4, 0.5) is 0 Å². The normalized spacial score (nSPS) is 11.8. The maximum atomic E-state index is 2.54. The minimum absolute atomic E-state index is 1.15. The maximum Gasteiger partial charge on any atom is 0.0635 e. The molecule has 0 aliphatic heterocycles. The lowest BCUT2D eigenvalue weighted by atomic mass is 9.90. The van der Waals surface area contributed by atoms with Crippen molar-refractivity contribution in [3.05, 3.63) is 182 Å². The van der Waals surface area contributed by atoms with E-state index < -0.39 is 0 Å². The highest BCUT2D eigenvalue weighted by Crippen LogP contribution is 2.45. The molecule has 2 heteroatoms. The number of nitrogens with zero attached hydrogens (tertiary/aromatic N) is 2. The van der Waals surface area contributed by atoms with Gasteiger partial charge in [0.2, 0.25) is 0 Å². The lowest BCUT2D eigenvalue weighted by Gasteiger charge is -2.19. The fourth-order valence-electron chi connectivity index (χ4n) is 7.84. The standard InChI is InChI=1S/C46H30N2/c1-3-13-31(14-4-1)32-23-25-34(26-24-32)47-30-29-41-42(47)28-27-40-35-17-11-12-22-43(35)48(46(40)41)45-38-20-9-7-18-36(38)44(33-15-5-2-6-16-33)37-19-8-10-21-39(37)45/h1-30H. The van der Waals surface area contributed by atoms with Gasteiger partial charge < -0.3 is 9.13 Å². The first-order chi connectivity index (χ1) is 23.8. The van der Waals surface area contributed by atoms with Gasteiger partial charge in [0, 0.05) is 38.8 Å². The van der Waals surface area contributed by atoms with Crippen molar-refractivity contribution in [2.24, 2.45) is 0 Å². The molecule has 48 heavy (non-hydrogen) atoms. The van der Waals surface area contributed by atoms with Gasteiger partial charge in [0.15, 0.2) is 0 Å². The number of benzene rings is 8. The van der Waals surface area contributed by atoms with E-state index >= 15 is 0 Å². The minimum Gasteiger partial charge on any atom is -0.316 e. The Morgan fingerprint density at radius 2 is 0.854 bits per heavy atom. The van der Waals surface area contributed by atoms with Crippen molar-refractivity contribution in [2.75, 3.05) is 0 Å². The summed E-state index contributed by atoms with van der Waals surface area (Å²) in [7, 11) is 0. The van der Waals surface area contributed by atoms with Gasteiger partial charge in [-0.2, -0.15) is 0 Å². The fraction of sp³-hybridized carbons (Fsp3) is 0. The Kier molecular flexibility index (Phi) is 5.91. The smallest absolute Gasteiger partial charge is 0.0635 e. The van der Waals surface area contributed by atoms with Crippen LogP contribution in [0, 0.1) is 0 Å². The highest BCUT2D eigenvalue weighted by molar-refractivity contribution is 6.23. The summed E-state index contributed by atoms with van der Waals surface area (Å²) in [5, 5.41) is 8.75. The summed E-state index contributed by atoms with van der Waals surface area (Å²) in [4.78, 5) is 0. The van der Waals surface area contributed by atoms with Gasteiger partial charge in [0.1, 0.15) is 0 Å². The Hall–Kier alpha value is -6.38. The molecule has 10 rings (SSSR count). The molecule has 0 aliphatic rings. The molecule has 8 aromatic carbocycles. The Balaban J connectivity index is 1.29. The molecular weight excluding hydrogens is 581 g/mol. The first kappa shape index (κ1) is 26.8. The lowest BCUT2D eigenvalue weighted by Crippen LogP contribution is -1.99. The van der Waals surface area contributed by atoms with Crippen LogP contribution in [0.1, 0.15) is 0 Å². The van der Waals surface area contributed by atoms with Crippen molar-refractivity contribution in [1.29, 1.82) is 0 Å². The van der Waals surface area contributed by atoms with E-state index in [1.165, 1.54) is 82.2 Å².